The fourth-order valence-corrected chi connectivity index (χ4v) is 0.948. The predicted molar refractivity (Wildman–Crippen MR) is 74.6 cm³/mol. The maximum absolute atomic E-state index is 9.56. The average Bonchev–Trinajstić information content (AvgIpc) is 2.40. The van der Waals surface area contributed by atoms with Crippen LogP contribution in [-0.4, -0.2) is 15.8 Å². The lowest BCUT2D eigenvalue weighted by molar-refractivity contribution is 0.118. The van der Waals surface area contributed by atoms with Gasteiger partial charge in [0, 0.05) is 0 Å². The van der Waals surface area contributed by atoms with Gasteiger partial charge in [-0.3, -0.25) is 0 Å². The summed E-state index contributed by atoms with van der Waals surface area (Å²) in [5, 5.41) is 18.5. The minimum absolute atomic E-state index is 0.615. The highest BCUT2D eigenvalue weighted by molar-refractivity contribution is 5.28. The quantitative estimate of drug-likeness (QED) is 0.784. The van der Waals surface area contributed by atoms with Crippen molar-refractivity contribution in [1.82, 2.24) is 0 Å². The fraction of sp³-hybridized carbons (Fsp3) is 0.375. The van der Waals surface area contributed by atoms with Crippen molar-refractivity contribution in [2.24, 2.45) is 0 Å². The highest BCUT2D eigenvalue weighted by Gasteiger charge is 2.17. The summed E-state index contributed by atoms with van der Waals surface area (Å²) >= 11 is 0. The summed E-state index contributed by atoms with van der Waals surface area (Å²) in [5.74, 6) is 4.56. The molecule has 0 amide bonds. The third kappa shape index (κ3) is 5.55. The third-order valence-electron chi connectivity index (χ3n) is 2.62. The van der Waals surface area contributed by atoms with Crippen LogP contribution in [0.25, 0.3) is 0 Å². The van der Waals surface area contributed by atoms with Crippen LogP contribution in [0.15, 0.2) is 30.3 Å². The third-order valence-corrected chi connectivity index (χ3v) is 2.62. The van der Waals surface area contributed by atoms with Crippen LogP contribution in [0.4, 0.5) is 0 Å². The van der Waals surface area contributed by atoms with Crippen molar-refractivity contribution in [3.05, 3.63) is 35.9 Å². The van der Waals surface area contributed by atoms with Gasteiger partial charge in [-0.25, -0.2) is 0 Å². The van der Waals surface area contributed by atoms with Gasteiger partial charge in [0.1, 0.15) is 11.2 Å². The molecule has 2 nitrogen and oxygen atoms in total. The molecule has 0 radical (unpaired) electrons. The van der Waals surface area contributed by atoms with Crippen molar-refractivity contribution < 1.29 is 10.2 Å². The summed E-state index contributed by atoms with van der Waals surface area (Å²) < 4.78 is 0. The van der Waals surface area contributed by atoms with E-state index < -0.39 is 11.2 Å². The van der Waals surface area contributed by atoms with E-state index in [4.69, 9.17) is 18.0 Å². The van der Waals surface area contributed by atoms with Gasteiger partial charge in [0.25, 0.3) is 0 Å². The van der Waals surface area contributed by atoms with E-state index in [2.05, 4.69) is 11.8 Å². The van der Waals surface area contributed by atoms with Gasteiger partial charge < -0.3 is 10.2 Å². The molecule has 1 aromatic rings. The summed E-state index contributed by atoms with van der Waals surface area (Å²) in [6.07, 6.45) is 10.7. The first-order valence-corrected chi connectivity index (χ1v) is 5.75. The lowest BCUT2D eigenvalue weighted by Crippen LogP contribution is -2.18. The van der Waals surface area contributed by atoms with Crippen molar-refractivity contribution in [3.8, 4) is 24.7 Å². The van der Waals surface area contributed by atoms with Crippen LogP contribution >= 0.6 is 0 Å². The minimum Gasteiger partial charge on any atom is -0.378 e. The summed E-state index contributed by atoms with van der Waals surface area (Å²) in [7, 11) is 0. The lowest BCUT2D eigenvalue weighted by Gasteiger charge is -2.15. The maximum Gasteiger partial charge on any atom is 0.147 e. The molecule has 0 bridgehead atoms. The zero-order valence-electron chi connectivity index (χ0n) is 11.1. The molecule has 0 aliphatic carbocycles. The van der Waals surface area contributed by atoms with Gasteiger partial charge in [-0.15, -0.1) is 12.8 Å². The molecule has 2 heteroatoms. The topological polar surface area (TPSA) is 40.5 Å². The molecular formula is C16H20O2. The van der Waals surface area contributed by atoms with Crippen LogP contribution in [0.5, 0.6) is 0 Å². The van der Waals surface area contributed by atoms with E-state index in [0.717, 1.165) is 5.56 Å². The molecule has 0 saturated heterocycles. The molecule has 18 heavy (non-hydrogen) atoms. The molecule has 0 spiro atoms. The largest absolute Gasteiger partial charge is 0.378 e. The molecule has 0 fully saturated rings. The number of aliphatic hydroxyl groups is 2. The minimum atomic E-state index is -1.14. The van der Waals surface area contributed by atoms with Crippen LogP contribution in [0.3, 0.4) is 0 Å². The van der Waals surface area contributed by atoms with Gasteiger partial charge in [0.2, 0.25) is 0 Å². The van der Waals surface area contributed by atoms with Gasteiger partial charge in [0.05, 0.1) is 0 Å². The van der Waals surface area contributed by atoms with E-state index in [0.29, 0.717) is 6.42 Å². The van der Waals surface area contributed by atoms with Crippen molar-refractivity contribution in [2.75, 3.05) is 0 Å². The second-order valence-corrected chi connectivity index (χ2v) is 4.35. The summed E-state index contributed by atoms with van der Waals surface area (Å²) in [5.41, 5.74) is -1.27. The van der Waals surface area contributed by atoms with E-state index in [1.807, 2.05) is 25.1 Å². The zero-order chi connectivity index (χ0) is 14.2. The molecule has 0 aliphatic heterocycles. The smallest absolute Gasteiger partial charge is 0.147 e. The van der Waals surface area contributed by atoms with Crippen LogP contribution < -0.4 is 0 Å². The molecule has 2 N–H and O–H groups in total. The van der Waals surface area contributed by atoms with Crippen molar-refractivity contribution in [1.29, 1.82) is 0 Å². The molecule has 1 aromatic carbocycles. The first-order valence-electron chi connectivity index (χ1n) is 5.75. The number of rotatable bonds is 2. The van der Waals surface area contributed by atoms with Crippen molar-refractivity contribution >= 4 is 0 Å². The number of hydrogen-bond acceptors (Lipinski definition) is 2. The number of hydrogen-bond donors (Lipinski definition) is 2. The Morgan fingerprint density at radius 3 is 1.83 bits per heavy atom. The van der Waals surface area contributed by atoms with E-state index in [9.17, 15) is 5.11 Å². The number of terminal acetylenes is 2. The van der Waals surface area contributed by atoms with Gasteiger partial charge in [0.15, 0.2) is 0 Å². The molecule has 0 saturated carbocycles. The standard InChI is InChI=1S/C10H10O.C6H10O/c1-3-10(2,11)9-7-5-4-6-8-9;1-4-6(3,7)5-2/h1,4-8,11H,2H3;1,7H,5H2,2-3H3. The van der Waals surface area contributed by atoms with Gasteiger partial charge in [-0.05, 0) is 25.8 Å². The summed E-state index contributed by atoms with van der Waals surface area (Å²) in [6, 6.07) is 9.19. The Balaban J connectivity index is 0.000000360. The second-order valence-electron chi connectivity index (χ2n) is 4.35. The zero-order valence-corrected chi connectivity index (χ0v) is 11.1. The molecular weight excluding hydrogens is 224 g/mol. The monoisotopic (exact) mass is 244 g/mol. The fourth-order valence-electron chi connectivity index (χ4n) is 0.948. The molecule has 96 valence electrons. The van der Waals surface area contributed by atoms with E-state index in [1.54, 1.807) is 26.0 Å². The Morgan fingerprint density at radius 1 is 1.06 bits per heavy atom. The molecule has 0 aliphatic rings. The van der Waals surface area contributed by atoms with Gasteiger partial charge in [-0.1, -0.05) is 49.1 Å². The second kappa shape index (κ2) is 6.87. The predicted octanol–water partition coefficient (Wildman–Crippen LogP) is 2.31. The molecule has 2 unspecified atom stereocenters. The number of benzene rings is 1. The summed E-state index contributed by atoms with van der Waals surface area (Å²) in [4.78, 5) is 0. The average molecular weight is 244 g/mol. The Kier molecular flexibility index (Phi) is 6.20. The van der Waals surface area contributed by atoms with E-state index >= 15 is 0 Å². The molecule has 0 heterocycles. The Bertz CT molecular complexity index is 430. The first-order chi connectivity index (χ1) is 8.29. The van der Waals surface area contributed by atoms with E-state index in [-0.39, 0.29) is 0 Å². The van der Waals surface area contributed by atoms with Crippen LogP contribution in [0.1, 0.15) is 32.8 Å². The van der Waals surface area contributed by atoms with Gasteiger partial charge >= 0.3 is 0 Å². The first kappa shape index (κ1) is 16.3. The maximum atomic E-state index is 9.56. The Morgan fingerprint density at radius 2 is 1.56 bits per heavy atom. The molecule has 0 aromatic heterocycles. The van der Waals surface area contributed by atoms with Crippen LogP contribution in [0, 0.1) is 24.7 Å². The van der Waals surface area contributed by atoms with Crippen molar-refractivity contribution in [3.63, 3.8) is 0 Å². The van der Waals surface area contributed by atoms with E-state index in [1.165, 1.54) is 0 Å². The molecule has 1 rings (SSSR count). The SMILES string of the molecule is C#CC(C)(O)CC.C#CC(C)(O)c1ccccc1. The van der Waals surface area contributed by atoms with Crippen molar-refractivity contribution in [2.45, 2.75) is 38.4 Å². The lowest BCUT2D eigenvalue weighted by atomic mass is 9.97. The normalized spacial score (nSPS) is 15.9. The Labute approximate surface area is 110 Å². The van der Waals surface area contributed by atoms with Crippen LogP contribution in [0.2, 0.25) is 0 Å². The van der Waals surface area contributed by atoms with Crippen LogP contribution in [-0.2, 0) is 5.60 Å². The molecule has 2 atom stereocenters. The highest BCUT2D eigenvalue weighted by Crippen LogP contribution is 2.17. The highest BCUT2D eigenvalue weighted by atomic mass is 16.3. The summed E-state index contributed by atoms with van der Waals surface area (Å²) in [6.45, 7) is 5.06. The Hall–Kier alpha value is -1.74. The van der Waals surface area contributed by atoms with Gasteiger partial charge in [-0.2, -0.15) is 0 Å².